The summed E-state index contributed by atoms with van der Waals surface area (Å²) in [5.41, 5.74) is 10.9. The van der Waals surface area contributed by atoms with Crippen molar-refractivity contribution >= 4 is 23.0 Å². The molecule has 6 heteroatoms. The Kier molecular flexibility index (Phi) is 5.95. The van der Waals surface area contributed by atoms with E-state index >= 15 is 0 Å². The number of nitrogens with zero attached hydrogens (tertiary/aromatic N) is 4. The first-order valence-electron chi connectivity index (χ1n) is 10.9. The summed E-state index contributed by atoms with van der Waals surface area (Å²) in [6.07, 6.45) is 1.67. The Morgan fingerprint density at radius 1 is 1.06 bits per heavy atom. The van der Waals surface area contributed by atoms with E-state index in [1.165, 1.54) is 16.8 Å². The van der Waals surface area contributed by atoms with Gasteiger partial charge < -0.3 is 4.57 Å². The minimum absolute atomic E-state index is 0.228. The summed E-state index contributed by atoms with van der Waals surface area (Å²) in [6, 6.07) is 16.2. The van der Waals surface area contributed by atoms with Crippen LogP contribution in [0.5, 0.6) is 0 Å². The van der Waals surface area contributed by atoms with E-state index in [2.05, 4.69) is 65.2 Å². The van der Waals surface area contributed by atoms with Gasteiger partial charge in [-0.25, -0.2) is 5.43 Å². The van der Waals surface area contributed by atoms with Crippen molar-refractivity contribution in [2.45, 2.75) is 47.7 Å². The molecule has 0 aliphatic rings. The fraction of sp³-hybridized carbons (Fsp3) is 0.269. The molecule has 0 aliphatic heterocycles. The number of hydrogen-bond donors (Lipinski definition) is 1. The Hall–Kier alpha value is -3.67. The van der Waals surface area contributed by atoms with Crippen molar-refractivity contribution in [3.05, 3.63) is 87.9 Å². The van der Waals surface area contributed by atoms with Gasteiger partial charge in [-0.05, 0) is 63.9 Å². The molecule has 0 bridgehead atoms. The molecule has 1 N–H and O–H groups in total. The van der Waals surface area contributed by atoms with Gasteiger partial charge in [0.25, 0.3) is 5.91 Å². The summed E-state index contributed by atoms with van der Waals surface area (Å²) in [5, 5.41) is 9.75. The standard InChI is InChI=1S/C26H29N5O/c1-6-31-20(5)24(18(3)29-31)15-27-28-26(32)22-12-13-25-23(14-22)17(2)19(4)30(25)16-21-10-8-7-9-11-21/h7-15H,6,16H2,1-5H3,(H,28,32)/b27-15-. The van der Waals surface area contributed by atoms with Crippen molar-refractivity contribution in [3.8, 4) is 0 Å². The molecule has 0 fully saturated rings. The van der Waals surface area contributed by atoms with Crippen LogP contribution in [0.3, 0.4) is 0 Å². The predicted molar refractivity (Wildman–Crippen MR) is 129 cm³/mol. The van der Waals surface area contributed by atoms with E-state index in [0.717, 1.165) is 40.9 Å². The fourth-order valence-corrected chi connectivity index (χ4v) is 4.19. The van der Waals surface area contributed by atoms with Crippen LogP contribution in [0.2, 0.25) is 0 Å². The number of carbonyl (C=O) groups excluding carboxylic acids is 1. The van der Waals surface area contributed by atoms with Crippen molar-refractivity contribution < 1.29 is 4.79 Å². The molecule has 2 aromatic carbocycles. The third-order valence-electron chi connectivity index (χ3n) is 6.18. The van der Waals surface area contributed by atoms with Crippen molar-refractivity contribution in [3.63, 3.8) is 0 Å². The minimum atomic E-state index is -0.228. The zero-order valence-electron chi connectivity index (χ0n) is 19.3. The van der Waals surface area contributed by atoms with E-state index in [-0.39, 0.29) is 5.91 Å². The number of nitrogens with one attached hydrogen (secondary N) is 1. The number of aryl methyl sites for hydroxylation is 3. The molecule has 4 aromatic rings. The number of aromatic nitrogens is 3. The Labute approximate surface area is 188 Å². The van der Waals surface area contributed by atoms with Crippen LogP contribution in [0, 0.1) is 27.7 Å². The fourth-order valence-electron chi connectivity index (χ4n) is 4.19. The normalized spacial score (nSPS) is 11.5. The average Bonchev–Trinajstić information content (AvgIpc) is 3.21. The SMILES string of the molecule is CCn1nc(C)c(/C=N\NC(=O)c2ccc3c(c2)c(C)c(C)n3Cc2ccccc2)c1C. The first-order chi connectivity index (χ1) is 15.4. The predicted octanol–water partition coefficient (Wildman–Crippen LogP) is 4.90. The van der Waals surface area contributed by atoms with Gasteiger partial charge in [-0.3, -0.25) is 9.48 Å². The lowest BCUT2D eigenvalue weighted by atomic mass is 10.1. The van der Waals surface area contributed by atoms with E-state index in [9.17, 15) is 4.79 Å². The van der Waals surface area contributed by atoms with Crippen molar-refractivity contribution in [2.75, 3.05) is 0 Å². The molecule has 2 heterocycles. The van der Waals surface area contributed by atoms with E-state index < -0.39 is 0 Å². The summed E-state index contributed by atoms with van der Waals surface area (Å²) in [4.78, 5) is 12.8. The molecule has 2 aromatic heterocycles. The third kappa shape index (κ3) is 3.96. The van der Waals surface area contributed by atoms with Crippen LogP contribution in [0.15, 0.2) is 53.6 Å². The quantitative estimate of drug-likeness (QED) is 0.351. The molecule has 32 heavy (non-hydrogen) atoms. The highest BCUT2D eigenvalue weighted by Gasteiger charge is 2.14. The highest BCUT2D eigenvalue weighted by Crippen LogP contribution is 2.27. The summed E-state index contributed by atoms with van der Waals surface area (Å²) in [6.45, 7) is 11.8. The first-order valence-corrected chi connectivity index (χ1v) is 10.9. The second kappa shape index (κ2) is 8.83. The molecule has 0 radical (unpaired) electrons. The molecule has 1 amide bonds. The summed E-state index contributed by atoms with van der Waals surface area (Å²) in [5.74, 6) is -0.228. The Bertz CT molecular complexity index is 1310. The molecular weight excluding hydrogens is 398 g/mol. The Balaban J connectivity index is 1.57. The van der Waals surface area contributed by atoms with Crippen molar-refractivity contribution in [1.29, 1.82) is 0 Å². The van der Waals surface area contributed by atoms with Crippen LogP contribution >= 0.6 is 0 Å². The van der Waals surface area contributed by atoms with Crippen LogP contribution in [0.25, 0.3) is 10.9 Å². The van der Waals surface area contributed by atoms with Gasteiger partial charge in [-0.2, -0.15) is 10.2 Å². The molecule has 0 saturated heterocycles. The number of fused-ring (bicyclic) bond motifs is 1. The van der Waals surface area contributed by atoms with Crippen LogP contribution < -0.4 is 5.43 Å². The van der Waals surface area contributed by atoms with Crippen LogP contribution in [-0.2, 0) is 13.1 Å². The van der Waals surface area contributed by atoms with Gasteiger partial charge in [0, 0.05) is 46.5 Å². The lowest BCUT2D eigenvalue weighted by Crippen LogP contribution is -2.17. The lowest BCUT2D eigenvalue weighted by Gasteiger charge is -2.09. The van der Waals surface area contributed by atoms with E-state index in [0.29, 0.717) is 5.56 Å². The number of carbonyl (C=O) groups is 1. The Morgan fingerprint density at radius 3 is 2.50 bits per heavy atom. The zero-order valence-corrected chi connectivity index (χ0v) is 19.3. The molecule has 0 saturated carbocycles. The minimum Gasteiger partial charge on any atom is -0.340 e. The van der Waals surface area contributed by atoms with Crippen LogP contribution in [-0.4, -0.2) is 26.5 Å². The second-order valence-corrected chi connectivity index (χ2v) is 8.11. The molecule has 0 atom stereocenters. The van der Waals surface area contributed by atoms with E-state index in [4.69, 9.17) is 0 Å². The monoisotopic (exact) mass is 427 g/mol. The van der Waals surface area contributed by atoms with Crippen LogP contribution in [0.4, 0.5) is 0 Å². The molecule has 164 valence electrons. The first kappa shape index (κ1) is 21.6. The number of rotatable bonds is 6. The van der Waals surface area contributed by atoms with Gasteiger partial charge in [-0.1, -0.05) is 30.3 Å². The van der Waals surface area contributed by atoms with Gasteiger partial charge in [0.2, 0.25) is 0 Å². The number of benzene rings is 2. The zero-order chi connectivity index (χ0) is 22.8. The van der Waals surface area contributed by atoms with E-state index in [1.54, 1.807) is 6.21 Å². The lowest BCUT2D eigenvalue weighted by molar-refractivity contribution is 0.0955. The molecule has 4 rings (SSSR count). The average molecular weight is 428 g/mol. The van der Waals surface area contributed by atoms with Gasteiger partial charge in [0.05, 0.1) is 11.9 Å². The third-order valence-corrected chi connectivity index (χ3v) is 6.18. The highest BCUT2D eigenvalue weighted by molar-refractivity contribution is 5.99. The van der Waals surface area contributed by atoms with Crippen molar-refractivity contribution in [2.24, 2.45) is 5.10 Å². The molecule has 6 nitrogen and oxygen atoms in total. The maximum Gasteiger partial charge on any atom is 0.271 e. The smallest absolute Gasteiger partial charge is 0.271 e. The molecule has 0 spiro atoms. The molecular formula is C26H29N5O. The topological polar surface area (TPSA) is 64.2 Å². The highest BCUT2D eigenvalue weighted by atomic mass is 16.2. The summed E-state index contributed by atoms with van der Waals surface area (Å²) < 4.78 is 4.23. The van der Waals surface area contributed by atoms with E-state index in [1.807, 2.05) is 42.8 Å². The maximum atomic E-state index is 12.8. The van der Waals surface area contributed by atoms with Gasteiger partial charge in [-0.15, -0.1) is 0 Å². The summed E-state index contributed by atoms with van der Waals surface area (Å²) in [7, 11) is 0. The van der Waals surface area contributed by atoms with Crippen molar-refractivity contribution in [1.82, 2.24) is 19.8 Å². The molecule has 0 unspecified atom stereocenters. The number of amides is 1. The second-order valence-electron chi connectivity index (χ2n) is 8.11. The van der Waals surface area contributed by atoms with Crippen LogP contribution in [0.1, 0.15) is 51.1 Å². The van der Waals surface area contributed by atoms with Gasteiger partial charge in [0.15, 0.2) is 0 Å². The van der Waals surface area contributed by atoms with Gasteiger partial charge >= 0.3 is 0 Å². The number of hydrogen-bond acceptors (Lipinski definition) is 3. The largest absolute Gasteiger partial charge is 0.340 e. The number of hydrazone groups is 1. The summed E-state index contributed by atoms with van der Waals surface area (Å²) >= 11 is 0. The maximum absolute atomic E-state index is 12.8. The van der Waals surface area contributed by atoms with Gasteiger partial charge in [0.1, 0.15) is 0 Å². The molecule has 0 aliphatic carbocycles. The Morgan fingerprint density at radius 2 is 1.81 bits per heavy atom.